The molecule has 2 aliphatic heterocycles. The predicted octanol–water partition coefficient (Wildman–Crippen LogP) is 4.12. The summed E-state index contributed by atoms with van der Waals surface area (Å²) >= 11 is 0. The zero-order valence-corrected chi connectivity index (χ0v) is 21.1. The van der Waals surface area contributed by atoms with Crippen LogP contribution in [0.5, 0.6) is 0 Å². The summed E-state index contributed by atoms with van der Waals surface area (Å²) in [6.45, 7) is 6.78. The van der Waals surface area contributed by atoms with Gasteiger partial charge >= 0.3 is 5.69 Å². The van der Waals surface area contributed by atoms with E-state index in [1.54, 1.807) is 6.92 Å². The first-order chi connectivity index (χ1) is 18.4. The van der Waals surface area contributed by atoms with Crippen LogP contribution < -0.4 is 10.6 Å². The van der Waals surface area contributed by atoms with Crippen LogP contribution in [0.2, 0.25) is 0 Å². The SMILES string of the molecule is C[C@@H](n1ncn(-c2ccc(N3CCN(Cc4ccccc4)CC3)cc2)c1=O)[C@@]1(c2ccc(F)cc2F)CO1. The number of benzene rings is 3. The molecule has 0 aliphatic carbocycles. The second kappa shape index (κ2) is 9.81. The first kappa shape index (κ1) is 24.5. The quantitative estimate of drug-likeness (QED) is 0.345. The number of anilines is 1. The molecular weight excluding hydrogens is 488 g/mol. The highest BCUT2D eigenvalue weighted by atomic mass is 19.1. The van der Waals surface area contributed by atoms with Gasteiger partial charge in [0, 0.05) is 50.0 Å². The molecule has 0 N–H and O–H groups in total. The molecule has 4 aromatic rings. The summed E-state index contributed by atoms with van der Waals surface area (Å²) in [5.41, 5.74) is 1.95. The third kappa shape index (κ3) is 4.52. The summed E-state index contributed by atoms with van der Waals surface area (Å²) in [5.74, 6) is -1.35. The van der Waals surface area contributed by atoms with Crippen LogP contribution in [0.1, 0.15) is 24.1 Å². The molecule has 2 saturated heterocycles. The minimum atomic E-state index is -1.05. The molecule has 3 heterocycles. The van der Waals surface area contributed by atoms with Crippen molar-refractivity contribution in [3.8, 4) is 5.69 Å². The number of hydrogen-bond donors (Lipinski definition) is 0. The Kier molecular flexibility index (Phi) is 6.33. The molecule has 1 aromatic heterocycles. The van der Waals surface area contributed by atoms with Crippen molar-refractivity contribution in [2.75, 3.05) is 37.7 Å². The maximum atomic E-state index is 14.5. The molecule has 0 bridgehead atoms. The van der Waals surface area contributed by atoms with Crippen LogP contribution in [-0.4, -0.2) is 52.0 Å². The Morgan fingerprint density at radius 3 is 2.29 bits per heavy atom. The zero-order valence-electron chi connectivity index (χ0n) is 21.1. The lowest BCUT2D eigenvalue weighted by atomic mass is 9.92. The fourth-order valence-corrected chi connectivity index (χ4v) is 5.32. The molecule has 6 rings (SSSR count). The number of epoxide rings is 1. The van der Waals surface area contributed by atoms with Gasteiger partial charge < -0.3 is 9.64 Å². The van der Waals surface area contributed by atoms with Crippen molar-refractivity contribution >= 4 is 5.69 Å². The summed E-state index contributed by atoms with van der Waals surface area (Å²) in [5, 5.41) is 4.30. The van der Waals surface area contributed by atoms with Crippen LogP contribution in [-0.2, 0) is 16.9 Å². The van der Waals surface area contributed by atoms with Gasteiger partial charge in [0.15, 0.2) is 0 Å². The molecule has 0 spiro atoms. The fourth-order valence-electron chi connectivity index (χ4n) is 5.32. The van der Waals surface area contributed by atoms with Crippen LogP contribution >= 0.6 is 0 Å². The first-order valence-electron chi connectivity index (χ1n) is 12.8. The molecule has 2 fully saturated rings. The number of piperazine rings is 1. The third-order valence-electron chi connectivity index (χ3n) is 7.69. The molecule has 0 radical (unpaired) electrons. The van der Waals surface area contributed by atoms with E-state index in [2.05, 4.69) is 39.2 Å². The van der Waals surface area contributed by atoms with Crippen LogP contribution in [0.25, 0.3) is 5.69 Å². The highest BCUT2D eigenvalue weighted by Gasteiger charge is 2.54. The summed E-state index contributed by atoms with van der Waals surface area (Å²) in [6.07, 6.45) is 1.47. The Labute approximate surface area is 219 Å². The fraction of sp³-hybridized carbons (Fsp3) is 0.310. The Balaban J connectivity index is 1.14. The Morgan fingerprint density at radius 1 is 0.947 bits per heavy atom. The highest BCUT2D eigenvalue weighted by molar-refractivity contribution is 5.51. The number of hydrogen-bond acceptors (Lipinski definition) is 5. The van der Waals surface area contributed by atoms with E-state index in [-0.39, 0.29) is 17.9 Å². The number of aromatic nitrogens is 3. The second-order valence-electron chi connectivity index (χ2n) is 9.97. The van der Waals surface area contributed by atoms with Gasteiger partial charge in [-0.05, 0) is 42.8 Å². The van der Waals surface area contributed by atoms with E-state index in [9.17, 15) is 13.6 Å². The topological polar surface area (TPSA) is 58.8 Å². The van der Waals surface area contributed by atoms with Crippen molar-refractivity contribution in [2.24, 2.45) is 0 Å². The largest absolute Gasteiger partial charge is 0.369 e. The summed E-state index contributed by atoms with van der Waals surface area (Å²) < 4.78 is 36.3. The average molecular weight is 518 g/mol. The zero-order chi connectivity index (χ0) is 26.3. The normalized spacial score (nSPS) is 20.4. The van der Waals surface area contributed by atoms with E-state index < -0.39 is 23.3 Å². The van der Waals surface area contributed by atoms with Crippen molar-refractivity contribution in [1.29, 1.82) is 0 Å². The molecule has 9 heteroatoms. The van der Waals surface area contributed by atoms with Gasteiger partial charge in [-0.25, -0.2) is 22.8 Å². The van der Waals surface area contributed by atoms with Crippen LogP contribution in [0.4, 0.5) is 14.5 Å². The van der Waals surface area contributed by atoms with E-state index in [0.29, 0.717) is 5.69 Å². The maximum Gasteiger partial charge on any atom is 0.350 e. The van der Waals surface area contributed by atoms with E-state index in [1.165, 1.54) is 33.3 Å². The third-order valence-corrected chi connectivity index (χ3v) is 7.69. The summed E-state index contributed by atoms with van der Waals surface area (Å²) in [6, 6.07) is 21.2. The molecular formula is C29H29F2N5O2. The Morgan fingerprint density at radius 2 is 1.63 bits per heavy atom. The van der Waals surface area contributed by atoms with Gasteiger partial charge in [0.05, 0.1) is 18.3 Å². The van der Waals surface area contributed by atoms with Gasteiger partial charge in [0.1, 0.15) is 23.6 Å². The van der Waals surface area contributed by atoms with E-state index >= 15 is 0 Å². The monoisotopic (exact) mass is 517 g/mol. The Hall–Kier alpha value is -3.82. The van der Waals surface area contributed by atoms with Gasteiger partial charge in [0.2, 0.25) is 0 Å². The van der Waals surface area contributed by atoms with E-state index in [0.717, 1.165) is 44.5 Å². The van der Waals surface area contributed by atoms with E-state index in [1.807, 2.05) is 30.3 Å². The van der Waals surface area contributed by atoms with Crippen molar-refractivity contribution < 1.29 is 13.5 Å². The molecule has 3 aromatic carbocycles. The van der Waals surface area contributed by atoms with Gasteiger partial charge in [-0.15, -0.1) is 0 Å². The maximum absolute atomic E-state index is 14.5. The van der Waals surface area contributed by atoms with E-state index in [4.69, 9.17) is 4.74 Å². The number of halogens is 2. The van der Waals surface area contributed by atoms with Crippen LogP contribution in [0, 0.1) is 11.6 Å². The van der Waals surface area contributed by atoms with Crippen LogP contribution in [0.3, 0.4) is 0 Å². The van der Waals surface area contributed by atoms with Gasteiger partial charge in [0.25, 0.3) is 0 Å². The minimum Gasteiger partial charge on any atom is -0.369 e. The van der Waals surface area contributed by atoms with Crippen molar-refractivity contribution in [1.82, 2.24) is 19.2 Å². The molecule has 38 heavy (non-hydrogen) atoms. The summed E-state index contributed by atoms with van der Waals surface area (Å²) in [7, 11) is 0. The lowest BCUT2D eigenvalue weighted by Gasteiger charge is -2.36. The molecule has 2 atom stereocenters. The molecule has 2 aliphatic rings. The highest BCUT2D eigenvalue weighted by Crippen LogP contribution is 2.48. The molecule has 0 amide bonds. The molecule has 0 saturated carbocycles. The standard InChI is InChI=1S/C29H29F2N5O2/c1-21(29(19-38-29)26-12-7-23(30)17-27(26)31)36-28(37)35(20-32-36)25-10-8-24(9-11-25)34-15-13-33(14-16-34)18-22-5-3-2-4-6-22/h2-12,17,20-21H,13-16,18-19H2,1H3/t21-,29-/m1/s1. The predicted molar refractivity (Wildman–Crippen MR) is 140 cm³/mol. The lowest BCUT2D eigenvalue weighted by molar-refractivity contribution is 0.211. The van der Waals surface area contributed by atoms with Crippen molar-refractivity contribution in [2.45, 2.75) is 25.1 Å². The number of nitrogens with zero attached hydrogens (tertiary/aromatic N) is 5. The Bertz CT molecular complexity index is 1470. The smallest absolute Gasteiger partial charge is 0.350 e. The molecule has 196 valence electrons. The van der Waals surface area contributed by atoms with Gasteiger partial charge in [-0.3, -0.25) is 4.90 Å². The van der Waals surface area contributed by atoms with Crippen molar-refractivity contribution in [3.05, 3.63) is 112 Å². The van der Waals surface area contributed by atoms with Crippen LogP contribution in [0.15, 0.2) is 83.9 Å². The van der Waals surface area contributed by atoms with Crippen molar-refractivity contribution in [3.63, 3.8) is 0 Å². The number of ether oxygens (including phenoxy) is 1. The first-order valence-corrected chi connectivity index (χ1v) is 12.8. The molecule has 0 unspecified atom stereocenters. The average Bonchev–Trinajstić information content (AvgIpc) is 3.65. The molecule has 7 nitrogen and oxygen atoms in total. The number of rotatable bonds is 7. The van der Waals surface area contributed by atoms with Gasteiger partial charge in [-0.1, -0.05) is 36.4 Å². The van der Waals surface area contributed by atoms with Gasteiger partial charge in [-0.2, -0.15) is 5.10 Å². The summed E-state index contributed by atoms with van der Waals surface area (Å²) in [4.78, 5) is 18.1. The minimum absolute atomic E-state index is 0.223. The second-order valence-corrected chi connectivity index (χ2v) is 9.97. The lowest BCUT2D eigenvalue weighted by Crippen LogP contribution is -2.45.